The maximum Gasteiger partial charge on any atom is 0.435 e. The standard InChI is InChI=1S/C12H13F6N3O2/c1-20-6-7(8(19-20)11(13,14)15)9(22)21-4-2-10(23,3-5-21)12(16,17)18/h6,23H,2-5H2,1H3. The lowest BCUT2D eigenvalue weighted by atomic mass is 9.90. The van der Waals surface area contributed by atoms with E-state index < -0.39 is 61.0 Å². The Bertz CT molecular complexity index is 599. The average Bonchev–Trinajstić information content (AvgIpc) is 2.80. The van der Waals surface area contributed by atoms with Crippen molar-refractivity contribution in [1.29, 1.82) is 0 Å². The number of alkyl halides is 6. The van der Waals surface area contributed by atoms with Crippen LogP contribution in [0.15, 0.2) is 6.20 Å². The predicted octanol–water partition coefficient (Wildman–Crippen LogP) is 1.97. The molecule has 1 aliphatic rings. The van der Waals surface area contributed by atoms with Crippen molar-refractivity contribution in [3.8, 4) is 0 Å². The van der Waals surface area contributed by atoms with Crippen LogP contribution in [-0.2, 0) is 13.2 Å². The first kappa shape index (κ1) is 17.6. The van der Waals surface area contributed by atoms with E-state index in [9.17, 15) is 36.2 Å². The molecule has 0 atom stereocenters. The Hall–Kier alpha value is -1.78. The molecular weight excluding hydrogens is 332 g/mol. The topological polar surface area (TPSA) is 58.4 Å². The van der Waals surface area contributed by atoms with E-state index in [1.165, 1.54) is 7.05 Å². The molecule has 0 radical (unpaired) electrons. The molecule has 1 saturated heterocycles. The molecule has 0 spiro atoms. The summed E-state index contributed by atoms with van der Waals surface area (Å²) in [6.07, 6.45) is -10.4. The van der Waals surface area contributed by atoms with Gasteiger partial charge in [-0.25, -0.2) is 0 Å². The molecule has 2 rings (SSSR count). The predicted molar refractivity (Wildman–Crippen MR) is 64.4 cm³/mol. The first-order chi connectivity index (χ1) is 10.3. The third kappa shape index (κ3) is 3.28. The summed E-state index contributed by atoms with van der Waals surface area (Å²) < 4.78 is 77.4. The van der Waals surface area contributed by atoms with E-state index in [0.29, 0.717) is 0 Å². The molecule has 1 N–H and O–H groups in total. The van der Waals surface area contributed by atoms with E-state index in [4.69, 9.17) is 0 Å². The summed E-state index contributed by atoms with van der Waals surface area (Å²) in [6, 6.07) is 0. The van der Waals surface area contributed by atoms with Crippen LogP contribution in [0.4, 0.5) is 26.3 Å². The highest BCUT2D eigenvalue weighted by Gasteiger charge is 2.55. The first-order valence-electron chi connectivity index (χ1n) is 6.54. The fourth-order valence-electron chi connectivity index (χ4n) is 2.39. The van der Waals surface area contributed by atoms with Gasteiger partial charge < -0.3 is 10.0 Å². The van der Waals surface area contributed by atoms with Gasteiger partial charge in [-0.1, -0.05) is 0 Å². The van der Waals surface area contributed by atoms with Gasteiger partial charge in [-0.15, -0.1) is 0 Å². The molecule has 130 valence electrons. The molecule has 11 heteroatoms. The van der Waals surface area contributed by atoms with Crippen molar-refractivity contribution >= 4 is 5.91 Å². The zero-order chi connectivity index (χ0) is 17.6. The Morgan fingerprint density at radius 3 is 2.17 bits per heavy atom. The fourth-order valence-corrected chi connectivity index (χ4v) is 2.39. The lowest BCUT2D eigenvalue weighted by Crippen LogP contribution is -2.54. The van der Waals surface area contributed by atoms with Gasteiger partial charge in [-0.05, 0) is 0 Å². The number of hydrogen-bond donors (Lipinski definition) is 1. The number of likely N-dealkylation sites (tertiary alicyclic amines) is 1. The number of amides is 1. The minimum atomic E-state index is -4.85. The molecule has 1 fully saturated rings. The smallest absolute Gasteiger partial charge is 0.380 e. The van der Waals surface area contributed by atoms with Gasteiger partial charge in [0.05, 0.1) is 5.56 Å². The second-order valence-corrected chi connectivity index (χ2v) is 5.38. The molecule has 0 aliphatic carbocycles. The van der Waals surface area contributed by atoms with Gasteiger partial charge in [0, 0.05) is 39.2 Å². The Balaban J connectivity index is 2.19. The van der Waals surface area contributed by atoms with Crippen molar-refractivity contribution in [2.75, 3.05) is 13.1 Å². The molecule has 0 saturated carbocycles. The molecule has 1 amide bonds. The normalized spacial score (nSPS) is 19.0. The largest absolute Gasteiger partial charge is 0.435 e. The number of rotatable bonds is 1. The first-order valence-corrected chi connectivity index (χ1v) is 6.54. The van der Waals surface area contributed by atoms with Gasteiger partial charge in [0.25, 0.3) is 5.91 Å². The van der Waals surface area contributed by atoms with Crippen molar-refractivity contribution in [2.45, 2.75) is 30.8 Å². The van der Waals surface area contributed by atoms with Gasteiger partial charge in [-0.2, -0.15) is 31.4 Å². The summed E-state index contributed by atoms with van der Waals surface area (Å²) in [5.74, 6) is -1.06. The van der Waals surface area contributed by atoms with Crippen LogP contribution < -0.4 is 0 Å². The van der Waals surface area contributed by atoms with E-state index in [-0.39, 0.29) is 0 Å². The average molecular weight is 345 g/mol. The number of aliphatic hydroxyl groups is 1. The van der Waals surface area contributed by atoms with E-state index in [2.05, 4.69) is 5.10 Å². The second-order valence-electron chi connectivity index (χ2n) is 5.38. The van der Waals surface area contributed by atoms with Crippen LogP contribution in [0.3, 0.4) is 0 Å². The van der Waals surface area contributed by atoms with Gasteiger partial charge in [0.15, 0.2) is 11.3 Å². The molecule has 0 aromatic carbocycles. The maximum absolute atomic E-state index is 12.8. The van der Waals surface area contributed by atoms with Crippen molar-refractivity contribution in [2.24, 2.45) is 7.05 Å². The molecular formula is C12H13F6N3O2. The van der Waals surface area contributed by atoms with Crippen molar-refractivity contribution in [3.05, 3.63) is 17.5 Å². The molecule has 0 bridgehead atoms. The SMILES string of the molecule is Cn1cc(C(=O)N2CCC(O)(C(F)(F)F)CC2)c(C(F)(F)F)n1. The minimum absolute atomic E-state index is 0.499. The number of carbonyl (C=O) groups is 1. The highest BCUT2D eigenvalue weighted by Crippen LogP contribution is 2.39. The molecule has 1 aliphatic heterocycles. The van der Waals surface area contributed by atoms with Gasteiger partial charge in [-0.3, -0.25) is 9.48 Å². The van der Waals surface area contributed by atoms with Gasteiger partial charge in [0.1, 0.15) is 0 Å². The minimum Gasteiger partial charge on any atom is -0.380 e. The summed E-state index contributed by atoms with van der Waals surface area (Å²) >= 11 is 0. The summed E-state index contributed by atoms with van der Waals surface area (Å²) in [5.41, 5.74) is -5.04. The van der Waals surface area contributed by atoms with Crippen molar-refractivity contribution < 1.29 is 36.2 Å². The monoisotopic (exact) mass is 345 g/mol. The zero-order valence-electron chi connectivity index (χ0n) is 11.9. The highest BCUT2D eigenvalue weighted by atomic mass is 19.4. The number of nitrogens with zero attached hydrogens (tertiary/aromatic N) is 3. The summed E-state index contributed by atoms with van der Waals surface area (Å²) in [7, 11) is 1.20. The van der Waals surface area contributed by atoms with Crippen molar-refractivity contribution in [1.82, 2.24) is 14.7 Å². The number of halogens is 6. The quantitative estimate of drug-likeness (QED) is 0.792. The Labute approximate surface area is 126 Å². The van der Waals surface area contributed by atoms with Crippen LogP contribution in [0.25, 0.3) is 0 Å². The summed E-state index contributed by atoms with van der Waals surface area (Å²) in [6.45, 7) is -0.998. The number of carbonyl (C=O) groups excluding carboxylic acids is 1. The fraction of sp³-hybridized carbons (Fsp3) is 0.667. The van der Waals surface area contributed by atoms with Crippen LogP contribution in [0.5, 0.6) is 0 Å². The molecule has 23 heavy (non-hydrogen) atoms. The zero-order valence-corrected chi connectivity index (χ0v) is 11.9. The Kier molecular flexibility index (Phi) is 4.12. The Morgan fingerprint density at radius 2 is 1.74 bits per heavy atom. The number of piperidine rings is 1. The van der Waals surface area contributed by atoms with Crippen LogP contribution >= 0.6 is 0 Å². The Morgan fingerprint density at radius 1 is 1.22 bits per heavy atom. The number of aryl methyl sites for hydroxylation is 1. The third-order valence-corrected chi connectivity index (χ3v) is 3.73. The molecule has 1 aromatic rings. The van der Waals surface area contributed by atoms with Crippen LogP contribution in [0, 0.1) is 0 Å². The molecule has 1 aromatic heterocycles. The van der Waals surface area contributed by atoms with E-state index >= 15 is 0 Å². The summed E-state index contributed by atoms with van der Waals surface area (Å²) in [5, 5.41) is 12.7. The van der Waals surface area contributed by atoms with Crippen LogP contribution in [0.2, 0.25) is 0 Å². The van der Waals surface area contributed by atoms with E-state index in [0.717, 1.165) is 15.8 Å². The number of hydrogen-bond acceptors (Lipinski definition) is 3. The number of aromatic nitrogens is 2. The van der Waals surface area contributed by atoms with Crippen LogP contribution in [-0.4, -0.2) is 50.6 Å². The lowest BCUT2D eigenvalue weighted by molar-refractivity contribution is -0.271. The van der Waals surface area contributed by atoms with Gasteiger partial charge in [0.2, 0.25) is 0 Å². The summed E-state index contributed by atoms with van der Waals surface area (Å²) in [4.78, 5) is 13.0. The van der Waals surface area contributed by atoms with Crippen LogP contribution in [0.1, 0.15) is 28.9 Å². The van der Waals surface area contributed by atoms with E-state index in [1.807, 2.05) is 0 Å². The van der Waals surface area contributed by atoms with Gasteiger partial charge >= 0.3 is 12.4 Å². The maximum atomic E-state index is 12.8. The molecule has 0 unspecified atom stereocenters. The second kappa shape index (κ2) is 5.39. The third-order valence-electron chi connectivity index (χ3n) is 3.73. The van der Waals surface area contributed by atoms with Crippen molar-refractivity contribution in [3.63, 3.8) is 0 Å². The molecule has 2 heterocycles. The molecule has 5 nitrogen and oxygen atoms in total. The lowest BCUT2D eigenvalue weighted by Gasteiger charge is -2.39. The van der Waals surface area contributed by atoms with E-state index in [1.54, 1.807) is 0 Å². The highest BCUT2D eigenvalue weighted by molar-refractivity contribution is 5.95.